The van der Waals surface area contributed by atoms with Crippen LogP contribution in [0.15, 0.2) is 4.79 Å². The predicted molar refractivity (Wildman–Crippen MR) is 77.7 cm³/mol. The molecule has 0 spiro atoms. The van der Waals surface area contributed by atoms with E-state index in [9.17, 15) is 4.79 Å². The van der Waals surface area contributed by atoms with Crippen molar-refractivity contribution >= 4 is 33.2 Å². The van der Waals surface area contributed by atoms with E-state index in [0.29, 0.717) is 11.2 Å². The maximum Gasteiger partial charge on any atom is 0.259 e. The summed E-state index contributed by atoms with van der Waals surface area (Å²) in [6.45, 7) is 8.58. The van der Waals surface area contributed by atoms with Crippen LogP contribution in [0.25, 0.3) is 10.2 Å². The molecule has 0 aromatic carbocycles. The lowest BCUT2D eigenvalue weighted by Crippen LogP contribution is -2.11. The monoisotopic (exact) mass is 284 g/mol. The van der Waals surface area contributed by atoms with Crippen molar-refractivity contribution in [3.05, 3.63) is 26.6 Å². The minimum atomic E-state index is -0.0791. The minimum Gasteiger partial charge on any atom is -0.309 e. The molecule has 2 aromatic heterocycles. The van der Waals surface area contributed by atoms with Gasteiger partial charge >= 0.3 is 0 Å². The molecule has 2 rings (SSSR count). The smallest absolute Gasteiger partial charge is 0.259 e. The van der Waals surface area contributed by atoms with Crippen molar-refractivity contribution in [3.63, 3.8) is 0 Å². The zero-order chi connectivity index (χ0) is 13.5. The highest BCUT2D eigenvalue weighted by Crippen LogP contribution is 2.32. The molecule has 2 heterocycles. The molecular weight excluding hydrogens is 268 g/mol. The van der Waals surface area contributed by atoms with Gasteiger partial charge in [-0.1, -0.05) is 20.8 Å². The molecule has 0 aliphatic heterocycles. The van der Waals surface area contributed by atoms with Gasteiger partial charge in [0.1, 0.15) is 10.7 Å². The van der Waals surface area contributed by atoms with Crippen LogP contribution >= 0.6 is 22.9 Å². The molecule has 0 unspecified atom stereocenters. The van der Waals surface area contributed by atoms with E-state index in [4.69, 9.17) is 11.6 Å². The predicted octanol–water partition coefficient (Wildman–Crippen LogP) is 3.62. The number of thiophene rings is 1. The standard InChI is InChI=1S/C13H17ClN2OS/c1-7-8(5-13(2,3)4)18-12-10(7)11(17)15-9(6-14)16-12/h5-6H2,1-4H3,(H,15,16,17). The van der Waals surface area contributed by atoms with Crippen molar-refractivity contribution in [2.24, 2.45) is 5.41 Å². The largest absolute Gasteiger partial charge is 0.309 e. The average Bonchev–Trinajstić information content (AvgIpc) is 2.53. The van der Waals surface area contributed by atoms with Gasteiger partial charge < -0.3 is 4.98 Å². The maximum atomic E-state index is 12.0. The molecule has 0 saturated heterocycles. The third kappa shape index (κ3) is 2.59. The number of hydrogen-bond donors (Lipinski definition) is 1. The topological polar surface area (TPSA) is 45.8 Å². The second-order valence-corrected chi connectivity index (χ2v) is 7.06. The first-order valence-corrected chi connectivity index (χ1v) is 7.24. The van der Waals surface area contributed by atoms with Crippen molar-refractivity contribution in [1.29, 1.82) is 0 Å². The Labute approximate surface area is 115 Å². The Kier molecular flexibility index (Phi) is 3.52. The number of H-pyrrole nitrogens is 1. The van der Waals surface area contributed by atoms with E-state index in [2.05, 4.69) is 30.7 Å². The number of nitrogens with one attached hydrogen (secondary N) is 1. The van der Waals surface area contributed by atoms with Crippen molar-refractivity contribution in [2.75, 3.05) is 0 Å². The summed E-state index contributed by atoms with van der Waals surface area (Å²) >= 11 is 7.33. The van der Waals surface area contributed by atoms with E-state index < -0.39 is 0 Å². The minimum absolute atomic E-state index is 0.0791. The maximum absolute atomic E-state index is 12.0. The van der Waals surface area contributed by atoms with Gasteiger partial charge in [0, 0.05) is 4.88 Å². The number of aromatic amines is 1. The van der Waals surface area contributed by atoms with Gasteiger partial charge in [-0.05, 0) is 24.3 Å². The second kappa shape index (κ2) is 4.67. The van der Waals surface area contributed by atoms with E-state index in [-0.39, 0.29) is 16.9 Å². The van der Waals surface area contributed by atoms with Gasteiger partial charge in [-0.15, -0.1) is 22.9 Å². The number of rotatable bonds is 2. The summed E-state index contributed by atoms with van der Waals surface area (Å²) in [6, 6.07) is 0. The lowest BCUT2D eigenvalue weighted by Gasteiger charge is -2.17. The molecule has 0 amide bonds. The van der Waals surface area contributed by atoms with Crippen LogP contribution in [0.2, 0.25) is 0 Å². The first kappa shape index (κ1) is 13.6. The fraction of sp³-hybridized carbons (Fsp3) is 0.538. The van der Waals surface area contributed by atoms with Crippen LogP contribution in [0, 0.1) is 12.3 Å². The van der Waals surface area contributed by atoms with E-state index in [1.165, 1.54) is 4.88 Å². The number of fused-ring (bicyclic) bond motifs is 1. The third-order valence-corrected chi connectivity index (χ3v) is 4.20. The van der Waals surface area contributed by atoms with Crippen LogP contribution in [0.4, 0.5) is 0 Å². The van der Waals surface area contributed by atoms with E-state index in [1.807, 2.05) is 6.92 Å². The Balaban J connectivity index is 2.63. The molecule has 0 atom stereocenters. The SMILES string of the molecule is Cc1c(CC(C)(C)C)sc2nc(CCl)[nH]c(=O)c12. The number of aromatic nitrogens is 2. The summed E-state index contributed by atoms with van der Waals surface area (Å²) in [7, 11) is 0. The van der Waals surface area contributed by atoms with Gasteiger partial charge in [0.2, 0.25) is 0 Å². The highest BCUT2D eigenvalue weighted by Gasteiger charge is 2.19. The molecule has 18 heavy (non-hydrogen) atoms. The van der Waals surface area contributed by atoms with Gasteiger partial charge in [0.25, 0.3) is 5.56 Å². The highest BCUT2D eigenvalue weighted by molar-refractivity contribution is 7.18. The van der Waals surface area contributed by atoms with Gasteiger partial charge in [-0.2, -0.15) is 0 Å². The van der Waals surface area contributed by atoms with Crippen LogP contribution in [0.5, 0.6) is 0 Å². The summed E-state index contributed by atoms with van der Waals surface area (Å²) in [5, 5.41) is 0.716. The van der Waals surface area contributed by atoms with Gasteiger partial charge in [-0.25, -0.2) is 4.98 Å². The van der Waals surface area contributed by atoms with E-state index in [1.54, 1.807) is 11.3 Å². The lowest BCUT2D eigenvalue weighted by atomic mass is 9.90. The normalized spacial score (nSPS) is 12.3. The fourth-order valence-corrected chi connectivity index (χ4v) is 3.57. The van der Waals surface area contributed by atoms with Crippen molar-refractivity contribution in [1.82, 2.24) is 9.97 Å². The summed E-state index contributed by atoms with van der Waals surface area (Å²) < 4.78 is 0. The van der Waals surface area contributed by atoms with Crippen LogP contribution < -0.4 is 5.56 Å². The molecule has 0 aliphatic carbocycles. The summed E-state index contributed by atoms with van der Waals surface area (Å²) in [5.41, 5.74) is 1.18. The quantitative estimate of drug-likeness (QED) is 0.856. The second-order valence-electron chi connectivity index (χ2n) is 5.71. The number of hydrogen-bond acceptors (Lipinski definition) is 3. The molecule has 0 bridgehead atoms. The van der Waals surface area contributed by atoms with Crippen molar-refractivity contribution in [2.45, 2.75) is 40.0 Å². The number of halogens is 1. The Morgan fingerprint density at radius 3 is 2.61 bits per heavy atom. The zero-order valence-corrected chi connectivity index (χ0v) is 12.6. The molecule has 98 valence electrons. The molecule has 0 radical (unpaired) electrons. The van der Waals surface area contributed by atoms with Crippen LogP contribution in [-0.2, 0) is 12.3 Å². The molecule has 0 fully saturated rings. The molecule has 5 heteroatoms. The van der Waals surface area contributed by atoms with Crippen LogP contribution in [-0.4, -0.2) is 9.97 Å². The summed E-state index contributed by atoms with van der Waals surface area (Å²) in [6.07, 6.45) is 0.954. The Morgan fingerprint density at radius 1 is 1.39 bits per heavy atom. The van der Waals surface area contributed by atoms with Gasteiger partial charge in [0.05, 0.1) is 11.3 Å². The highest BCUT2D eigenvalue weighted by atomic mass is 35.5. The van der Waals surface area contributed by atoms with Gasteiger partial charge in [-0.3, -0.25) is 4.79 Å². The summed E-state index contributed by atoms with van der Waals surface area (Å²) in [4.78, 5) is 21.2. The first-order chi connectivity index (χ1) is 8.31. The molecule has 3 nitrogen and oxygen atoms in total. The fourth-order valence-electron chi connectivity index (χ4n) is 1.95. The number of nitrogens with zero attached hydrogens (tertiary/aromatic N) is 1. The number of alkyl halides is 1. The summed E-state index contributed by atoms with van der Waals surface area (Å²) in [5.74, 6) is 0.772. The molecule has 1 N–H and O–H groups in total. The first-order valence-electron chi connectivity index (χ1n) is 5.89. The third-order valence-electron chi connectivity index (χ3n) is 2.77. The zero-order valence-electron chi connectivity index (χ0n) is 11.1. The molecular formula is C13H17ClN2OS. The molecule has 0 aliphatic rings. The van der Waals surface area contributed by atoms with Gasteiger partial charge in [0.15, 0.2) is 0 Å². The lowest BCUT2D eigenvalue weighted by molar-refractivity contribution is 0.414. The molecule has 0 saturated carbocycles. The van der Waals surface area contributed by atoms with Crippen LogP contribution in [0.3, 0.4) is 0 Å². The van der Waals surface area contributed by atoms with Crippen LogP contribution in [0.1, 0.15) is 37.0 Å². The average molecular weight is 285 g/mol. The van der Waals surface area contributed by atoms with E-state index >= 15 is 0 Å². The van der Waals surface area contributed by atoms with Crippen molar-refractivity contribution in [3.8, 4) is 0 Å². The Hall–Kier alpha value is -0.870. The van der Waals surface area contributed by atoms with E-state index in [0.717, 1.165) is 16.8 Å². The number of aryl methyl sites for hydroxylation is 1. The molecule has 2 aromatic rings. The van der Waals surface area contributed by atoms with Crippen molar-refractivity contribution < 1.29 is 0 Å². The Bertz CT molecular complexity index is 637. The Morgan fingerprint density at radius 2 is 2.06 bits per heavy atom.